The molecule has 3 N–H and O–H groups in total. The molecule has 0 spiro atoms. The van der Waals surface area contributed by atoms with E-state index in [1.807, 2.05) is 0 Å². The first-order valence-corrected chi connectivity index (χ1v) is 7.90. The van der Waals surface area contributed by atoms with Gasteiger partial charge in [-0.1, -0.05) is 20.8 Å². The zero-order valence-electron chi connectivity index (χ0n) is 15.7. The Bertz CT molecular complexity index is 308. The van der Waals surface area contributed by atoms with Crippen molar-refractivity contribution in [2.45, 2.75) is 60.1 Å². The van der Waals surface area contributed by atoms with Gasteiger partial charge in [0.05, 0.1) is 12.6 Å². The maximum Gasteiger partial charge on any atom is 0.191 e. The highest BCUT2D eigenvalue weighted by molar-refractivity contribution is 14.0. The van der Waals surface area contributed by atoms with Gasteiger partial charge in [-0.05, 0) is 33.1 Å². The van der Waals surface area contributed by atoms with Gasteiger partial charge in [0.1, 0.15) is 0 Å². The molecule has 0 amide bonds. The van der Waals surface area contributed by atoms with Gasteiger partial charge in [0.15, 0.2) is 5.96 Å². The smallest absolute Gasteiger partial charge is 0.191 e. The fourth-order valence-corrected chi connectivity index (χ4v) is 1.84. The third-order valence-corrected chi connectivity index (χ3v) is 3.08. The number of hydrogen-bond acceptors (Lipinski definition) is 3. The van der Waals surface area contributed by atoms with Crippen molar-refractivity contribution in [1.29, 1.82) is 0 Å². The Kier molecular flexibility index (Phi) is 12.6. The molecule has 0 aliphatic rings. The molecule has 0 heterocycles. The van der Waals surface area contributed by atoms with Crippen molar-refractivity contribution in [1.82, 2.24) is 16.0 Å². The van der Waals surface area contributed by atoms with Gasteiger partial charge in [-0.2, -0.15) is 0 Å². The summed E-state index contributed by atoms with van der Waals surface area (Å²) in [5.41, 5.74) is 0.230. The van der Waals surface area contributed by atoms with Crippen LogP contribution in [0.2, 0.25) is 0 Å². The van der Waals surface area contributed by atoms with Crippen molar-refractivity contribution < 1.29 is 4.74 Å². The maximum atomic E-state index is 5.54. The van der Waals surface area contributed by atoms with E-state index in [0.29, 0.717) is 6.54 Å². The molecule has 0 aromatic heterocycles. The van der Waals surface area contributed by atoms with Crippen LogP contribution in [0.1, 0.15) is 48.5 Å². The maximum absolute atomic E-state index is 5.54. The topological polar surface area (TPSA) is 57.7 Å². The van der Waals surface area contributed by atoms with Crippen molar-refractivity contribution in [3.63, 3.8) is 0 Å². The van der Waals surface area contributed by atoms with Crippen molar-refractivity contribution in [2.24, 2.45) is 10.4 Å². The zero-order chi connectivity index (χ0) is 16.5. The summed E-state index contributed by atoms with van der Waals surface area (Å²) in [6.45, 7) is 18.3. The molecule has 134 valence electrons. The Balaban J connectivity index is 0. The van der Waals surface area contributed by atoms with Gasteiger partial charge in [0.25, 0.3) is 0 Å². The molecule has 1 unspecified atom stereocenters. The van der Waals surface area contributed by atoms with Gasteiger partial charge in [0, 0.05) is 32.3 Å². The van der Waals surface area contributed by atoms with E-state index in [9.17, 15) is 0 Å². The molecule has 0 rings (SSSR count). The van der Waals surface area contributed by atoms with E-state index in [4.69, 9.17) is 4.74 Å². The van der Waals surface area contributed by atoms with E-state index in [2.05, 4.69) is 69.4 Å². The summed E-state index contributed by atoms with van der Waals surface area (Å²) in [5.74, 6) is 0.847. The lowest BCUT2D eigenvalue weighted by molar-refractivity contribution is 0.0241. The van der Waals surface area contributed by atoms with Crippen molar-refractivity contribution in [2.75, 3.05) is 33.3 Å². The third-order valence-electron chi connectivity index (χ3n) is 3.08. The monoisotopic (exact) mass is 428 g/mol. The standard InChI is InChI=1S/C16H36N4O.HI/c1-9-17-14(18-10-11-20-16(5,6)7)19-12-13(21-8)15(2,3)4;/h13,20H,9-12H2,1-8H3,(H2,17,18,19);1H. The van der Waals surface area contributed by atoms with E-state index in [1.54, 1.807) is 7.11 Å². The highest BCUT2D eigenvalue weighted by Gasteiger charge is 2.24. The molecule has 5 nitrogen and oxygen atoms in total. The summed E-state index contributed by atoms with van der Waals surface area (Å²) in [4.78, 5) is 4.63. The van der Waals surface area contributed by atoms with E-state index in [1.165, 1.54) is 0 Å². The number of methoxy groups -OCH3 is 1. The average molecular weight is 428 g/mol. The Hall–Kier alpha value is -0.0800. The van der Waals surface area contributed by atoms with Crippen molar-refractivity contribution >= 4 is 29.9 Å². The summed E-state index contributed by atoms with van der Waals surface area (Å²) in [5, 5.41) is 10.1. The van der Waals surface area contributed by atoms with Gasteiger partial charge >= 0.3 is 0 Å². The molecule has 0 aromatic rings. The molecular formula is C16H37IN4O. The van der Waals surface area contributed by atoms with Gasteiger partial charge in [-0.15, -0.1) is 24.0 Å². The summed E-state index contributed by atoms with van der Waals surface area (Å²) in [6.07, 6.45) is 0.112. The number of rotatable bonds is 7. The molecule has 0 bridgehead atoms. The fourth-order valence-electron chi connectivity index (χ4n) is 1.84. The lowest BCUT2D eigenvalue weighted by Crippen LogP contribution is -2.45. The first-order valence-electron chi connectivity index (χ1n) is 7.90. The molecule has 0 saturated heterocycles. The number of halogens is 1. The summed E-state index contributed by atoms with van der Waals surface area (Å²) in [7, 11) is 1.75. The Morgan fingerprint density at radius 2 is 1.64 bits per heavy atom. The predicted octanol–water partition coefficient (Wildman–Crippen LogP) is 2.61. The SMILES string of the molecule is CCNC(=NCC(OC)C(C)(C)C)NCCNC(C)(C)C.I. The van der Waals surface area contributed by atoms with Gasteiger partial charge in [-0.25, -0.2) is 0 Å². The molecular weight excluding hydrogens is 391 g/mol. The largest absolute Gasteiger partial charge is 0.379 e. The van der Waals surface area contributed by atoms with Crippen LogP contribution in [0.3, 0.4) is 0 Å². The fraction of sp³-hybridized carbons (Fsp3) is 0.938. The van der Waals surface area contributed by atoms with E-state index in [-0.39, 0.29) is 41.0 Å². The molecule has 22 heavy (non-hydrogen) atoms. The lowest BCUT2D eigenvalue weighted by Gasteiger charge is -2.28. The average Bonchev–Trinajstić information content (AvgIpc) is 2.32. The number of ether oxygens (including phenoxy) is 1. The van der Waals surface area contributed by atoms with Gasteiger partial charge < -0.3 is 20.7 Å². The van der Waals surface area contributed by atoms with Crippen LogP contribution in [0.5, 0.6) is 0 Å². The molecule has 0 fully saturated rings. The highest BCUT2D eigenvalue weighted by Crippen LogP contribution is 2.21. The van der Waals surface area contributed by atoms with Crippen LogP contribution in [0.15, 0.2) is 4.99 Å². The second-order valence-corrected chi connectivity index (χ2v) is 7.41. The van der Waals surface area contributed by atoms with Gasteiger partial charge in [-0.3, -0.25) is 4.99 Å². The zero-order valence-corrected chi connectivity index (χ0v) is 18.0. The van der Waals surface area contributed by atoms with E-state index >= 15 is 0 Å². The summed E-state index contributed by atoms with van der Waals surface area (Å²) in [6, 6.07) is 0. The van der Waals surface area contributed by atoms with Crippen LogP contribution >= 0.6 is 24.0 Å². The Morgan fingerprint density at radius 1 is 1.05 bits per heavy atom. The van der Waals surface area contributed by atoms with Crippen LogP contribution in [0.4, 0.5) is 0 Å². The Labute approximate surface area is 154 Å². The van der Waals surface area contributed by atoms with Crippen LogP contribution in [-0.4, -0.2) is 50.9 Å². The lowest BCUT2D eigenvalue weighted by atomic mass is 9.89. The van der Waals surface area contributed by atoms with E-state index < -0.39 is 0 Å². The summed E-state index contributed by atoms with van der Waals surface area (Å²) < 4.78 is 5.54. The molecule has 0 aliphatic heterocycles. The second-order valence-electron chi connectivity index (χ2n) is 7.41. The number of hydrogen-bond donors (Lipinski definition) is 3. The Morgan fingerprint density at radius 3 is 2.05 bits per heavy atom. The van der Waals surface area contributed by atoms with Gasteiger partial charge in [0.2, 0.25) is 0 Å². The van der Waals surface area contributed by atoms with Crippen molar-refractivity contribution in [3.05, 3.63) is 0 Å². The van der Waals surface area contributed by atoms with Crippen molar-refractivity contribution in [3.8, 4) is 0 Å². The van der Waals surface area contributed by atoms with Crippen LogP contribution in [-0.2, 0) is 4.74 Å². The molecule has 0 aromatic carbocycles. The molecule has 0 radical (unpaired) electrons. The number of nitrogens with zero attached hydrogens (tertiary/aromatic N) is 1. The molecule has 0 saturated carbocycles. The highest BCUT2D eigenvalue weighted by atomic mass is 127. The molecule has 0 aliphatic carbocycles. The predicted molar refractivity (Wildman–Crippen MR) is 107 cm³/mol. The minimum Gasteiger partial charge on any atom is -0.379 e. The number of nitrogens with one attached hydrogen (secondary N) is 3. The third kappa shape index (κ3) is 12.5. The first kappa shape index (κ1) is 24.2. The van der Waals surface area contributed by atoms with Crippen LogP contribution in [0.25, 0.3) is 0 Å². The number of guanidine groups is 1. The first-order chi connectivity index (χ1) is 9.60. The minimum atomic E-state index is 0. The molecule has 6 heteroatoms. The normalized spacial score (nSPS) is 14.3. The van der Waals surface area contributed by atoms with Crippen LogP contribution in [0, 0.1) is 5.41 Å². The second kappa shape index (κ2) is 11.5. The van der Waals surface area contributed by atoms with Crippen LogP contribution < -0.4 is 16.0 Å². The number of aliphatic imine (C=N–C) groups is 1. The van der Waals surface area contributed by atoms with E-state index in [0.717, 1.165) is 25.6 Å². The molecule has 1 atom stereocenters. The quantitative estimate of drug-likeness (QED) is 0.253. The minimum absolute atomic E-state index is 0. The summed E-state index contributed by atoms with van der Waals surface area (Å²) >= 11 is 0.